The van der Waals surface area contributed by atoms with Crippen LogP contribution in [0.2, 0.25) is 0 Å². The molecule has 2 rings (SSSR count). The first kappa shape index (κ1) is 14.1. The van der Waals surface area contributed by atoms with E-state index in [1.807, 2.05) is 24.9 Å². The summed E-state index contributed by atoms with van der Waals surface area (Å²) in [4.78, 5) is 14.2. The minimum atomic E-state index is 0.00587. The molecule has 0 saturated carbocycles. The highest BCUT2D eigenvalue weighted by Crippen LogP contribution is 2.34. The van der Waals surface area contributed by atoms with Gasteiger partial charge in [0.2, 0.25) is 0 Å². The van der Waals surface area contributed by atoms with Crippen LogP contribution in [0.15, 0.2) is 6.07 Å². The molecule has 1 aliphatic rings. The van der Waals surface area contributed by atoms with E-state index < -0.39 is 0 Å². The van der Waals surface area contributed by atoms with Crippen LogP contribution in [0.4, 0.5) is 0 Å². The summed E-state index contributed by atoms with van der Waals surface area (Å²) in [5.74, 6) is 0.00587. The SMILES string of the molecule is CCC1(CO)CCN(C(=O)c2cc(C)n(C)n2)CC1. The molecular weight excluding hydrogens is 242 g/mol. The lowest BCUT2D eigenvalue weighted by Gasteiger charge is -2.40. The zero-order valence-corrected chi connectivity index (χ0v) is 12.0. The van der Waals surface area contributed by atoms with Crippen LogP contribution >= 0.6 is 0 Å². The predicted molar refractivity (Wildman–Crippen MR) is 72.9 cm³/mol. The molecular formula is C14H23N3O2. The normalized spacial score (nSPS) is 18.6. The first-order chi connectivity index (χ1) is 9.01. The average Bonchev–Trinajstić information content (AvgIpc) is 2.78. The van der Waals surface area contributed by atoms with E-state index in [1.54, 1.807) is 4.68 Å². The van der Waals surface area contributed by atoms with Gasteiger partial charge in [-0.3, -0.25) is 9.48 Å². The highest BCUT2D eigenvalue weighted by molar-refractivity contribution is 5.92. The van der Waals surface area contributed by atoms with E-state index in [2.05, 4.69) is 12.0 Å². The summed E-state index contributed by atoms with van der Waals surface area (Å²) < 4.78 is 1.72. The van der Waals surface area contributed by atoms with E-state index in [1.165, 1.54) is 0 Å². The third-order valence-corrected chi connectivity index (χ3v) is 4.53. The van der Waals surface area contributed by atoms with Crippen molar-refractivity contribution in [3.05, 3.63) is 17.5 Å². The minimum Gasteiger partial charge on any atom is -0.396 e. The fraction of sp³-hybridized carbons (Fsp3) is 0.714. The largest absolute Gasteiger partial charge is 0.396 e. The molecule has 2 heterocycles. The molecule has 19 heavy (non-hydrogen) atoms. The summed E-state index contributed by atoms with van der Waals surface area (Å²) in [6, 6.07) is 1.83. The van der Waals surface area contributed by atoms with E-state index in [-0.39, 0.29) is 17.9 Å². The Kier molecular flexibility index (Phi) is 3.94. The van der Waals surface area contributed by atoms with Gasteiger partial charge in [0, 0.05) is 32.4 Å². The predicted octanol–water partition coefficient (Wildman–Crippen LogP) is 1.35. The molecule has 1 fully saturated rings. The second-order valence-electron chi connectivity index (χ2n) is 5.60. The summed E-state index contributed by atoms with van der Waals surface area (Å²) in [5.41, 5.74) is 1.52. The molecule has 1 amide bonds. The maximum absolute atomic E-state index is 12.3. The van der Waals surface area contributed by atoms with E-state index in [0.29, 0.717) is 18.8 Å². The minimum absolute atomic E-state index is 0.00587. The Morgan fingerprint density at radius 2 is 2.11 bits per heavy atom. The van der Waals surface area contributed by atoms with Gasteiger partial charge < -0.3 is 10.0 Å². The molecule has 0 aliphatic carbocycles. The van der Waals surface area contributed by atoms with Gasteiger partial charge in [0.15, 0.2) is 5.69 Å². The van der Waals surface area contributed by atoms with Gasteiger partial charge in [-0.1, -0.05) is 6.92 Å². The van der Waals surface area contributed by atoms with E-state index in [9.17, 15) is 9.90 Å². The monoisotopic (exact) mass is 265 g/mol. The molecule has 0 radical (unpaired) electrons. The molecule has 1 aromatic heterocycles. The van der Waals surface area contributed by atoms with Crippen molar-refractivity contribution >= 4 is 5.91 Å². The highest BCUT2D eigenvalue weighted by Gasteiger charge is 2.34. The number of aliphatic hydroxyl groups excluding tert-OH is 1. The third-order valence-electron chi connectivity index (χ3n) is 4.53. The number of nitrogens with zero attached hydrogens (tertiary/aromatic N) is 3. The first-order valence-electron chi connectivity index (χ1n) is 6.92. The van der Waals surface area contributed by atoms with Crippen molar-refractivity contribution in [3.63, 3.8) is 0 Å². The summed E-state index contributed by atoms with van der Waals surface area (Å²) in [6.07, 6.45) is 2.71. The zero-order valence-electron chi connectivity index (χ0n) is 12.0. The fourth-order valence-electron chi connectivity index (χ4n) is 2.63. The maximum Gasteiger partial charge on any atom is 0.274 e. The van der Waals surface area contributed by atoms with Crippen LogP contribution in [0.5, 0.6) is 0 Å². The second-order valence-corrected chi connectivity index (χ2v) is 5.60. The standard InChI is InChI=1S/C14H23N3O2/c1-4-14(10-18)5-7-17(8-6-14)13(19)12-9-11(2)16(3)15-12/h9,18H,4-8,10H2,1-3H3. The quantitative estimate of drug-likeness (QED) is 0.897. The molecule has 5 heteroatoms. The first-order valence-corrected chi connectivity index (χ1v) is 6.92. The summed E-state index contributed by atoms with van der Waals surface area (Å²) in [7, 11) is 1.84. The molecule has 0 unspecified atom stereocenters. The summed E-state index contributed by atoms with van der Waals surface area (Å²) in [5, 5.41) is 13.7. The van der Waals surface area contributed by atoms with Crippen LogP contribution in [0.25, 0.3) is 0 Å². The molecule has 106 valence electrons. The Hall–Kier alpha value is -1.36. The van der Waals surface area contributed by atoms with Crippen molar-refractivity contribution < 1.29 is 9.90 Å². The molecule has 0 bridgehead atoms. The van der Waals surface area contributed by atoms with Crippen molar-refractivity contribution in [2.24, 2.45) is 12.5 Å². The van der Waals surface area contributed by atoms with Crippen LogP contribution in [0.1, 0.15) is 42.4 Å². The Morgan fingerprint density at radius 1 is 1.47 bits per heavy atom. The molecule has 1 aliphatic heterocycles. The van der Waals surface area contributed by atoms with Gasteiger partial charge in [0.25, 0.3) is 5.91 Å². The van der Waals surface area contributed by atoms with Crippen molar-refractivity contribution in [1.82, 2.24) is 14.7 Å². The topological polar surface area (TPSA) is 58.4 Å². The number of aryl methyl sites for hydroxylation is 2. The fourth-order valence-corrected chi connectivity index (χ4v) is 2.63. The van der Waals surface area contributed by atoms with Crippen LogP contribution in [-0.2, 0) is 7.05 Å². The smallest absolute Gasteiger partial charge is 0.274 e. The van der Waals surface area contributed by atoms with Crippen LogP contribution in [-0.4, -0.2) is 45.4 Å². The maximum atomic E-state index is 12.3. The molecule has 5 nitrogen and oxygen atoms in total. The number of aromatic nitrogens is 2. The average molecular weight is 265 g/mol. The molecule has 0 spiro atoms. The number of carbonyl (C=O) groups is 1. The van der Waals surface area contributed by atoms with E-state index >= 15 is 0 Å². The van der Waals surface area contributed by atoms with Gasteiger partial charge in [-0.25, -0.2) is 0 Å². The van der Waals surface area contributed by atoms with E-state index in [0.717, 1.165) is 25.0 Å². The number of likely N-dealkylation sites (tertiary alicyclic amines) is 1. The van der Waals surface area contributed by atoms with Crippen molar-refractivity contribution in [2.45, 2.75) is 33.1 Å². The van der Waals surface area contributed by atoms with Crippen molar-refractivity contribution in [2.75, 3.05) is 19.7 Å². The second kappa shape index (κ2) is 5.33. The van der Waals surface area contributed by atoms with Gasteiger partial charge >= 0.3 is 0 Å². The summed E-state index contributed by atoms with van der Waals surface area (Å²) >= 11 is 0. The Balaban J connectivity index is 2.03. The summed E-state index contributed by atoms with van der Waals surface area (Å²) in [6.45, 7) is 5.68. The molecule has 1 aromatic rings. The number of rotatable bonds is 3. The van der Waals surface area contributed by atoms with Gasteiger partial charge in [0.05, 0.1) is 0 Å². The highest BCUT2D eigenvalue weighted by atomic mass is 16.3. The van der Waals surface area contributed by atoms with Crippen molar-refractivity contribution in [3.8, 4) is 0 Å². The molecule has 1 saturated heterocycles. The van der Waals surface area contributed by atoms with Crippen molar-refractivity contribution in [1.29, 1.82) is 0 Å². The Bertz CT molecular complexity index is 434. The number of hydrogen-bond acceptors (Lipinski definition) is 3. The molecule has 0 aromatic carbocycles. The van der Waals surface area contributed by atoms with Crippen LogP contribution < -0.4 is 0 Å². The van der Waals surface area contributed by atoms with Gasteiger partial charge in [-0.15, -0.1) is 0 Å². The number of hydrogen-bond donors (Lipinski definition) is 1. The number of aliphatic hydroxyl groups is 1. The zero-order chi connectivity index (χ0) is 14.0. The van der Waals surface area contributed by atoms with Gasteiger partial charge in [-0.2, -0.15) is 5.10 Å². The number of piperidine rings is 1. The number of carbonyl (C=O) groups excluding carboxylic acids is 1. The lowest BCUT2D eigenvalue weighted by atomic mass is 9.77. The molecule has 1 N–H and O–H groups in total. The van der Waals surface area contributed by atoms with E-state index in [4.69, 9.17) is 0 Å². The van der Waals surface area contributed by atoms with Crippen LogP contribution in [0, 0.1) is 12.3 Å². The molecule has 0 atom stereocenters. The lowest BCUT2D eigenvalue weighted by molar-refractivity contribution is 0.0334. The Morgan fingerprint density at radius 3 is 2.53 bits per heavy atom. The van der Waals surface area contributed by atoms with Gasteiger partial charge in [0.1, 0.15) is 0 Å². The van der Waals surface area contributed by atoms with Gasteiger partial charge in [-0.05, 0) is 37.7 Å². The van der Waals surface area contributed by atoms with Crippen LogP contribution in [0.3, 0.4) is 0 Å². The third kappa shape index (κ3) is 2.66. The lowest BCUT2D eigenvalue weighted by Crippen LogP contribution is -2.44. The number of amides is 1. The Labute approximate surface area is 114 Å².